The molecule has 0 aliphatic carbocycles. The molecule has 132 valence electrons. The second-order valence-electron chi connectivity index (χ2n) is 5.05. The summed E-state index contributed by atoms with van der Waals surface area (Å²) in [4.78, 5) is 22.2. The summed E-state index contributed by atoms with van der Waals surface area (Å²) in [6.07, 6.45) is 0.782. The highest BCUT2D eigenvalue weighted by Gasteiger charge is 2.17. The van der Waals surface area contributed by atoms with E-state index in [1.165, 1.54) is 0 Å². The summed E-state index contributed by atoms with van der Waals surface area (Å²) >= 11 is 0. The van der Waals surface area contributed by atoms with E-state index in [9.17, 15) is 0 Å². The first-order chi connectivity index (χ1) is 10.7. The maximum Gasteiger partial charge on any atom is 0.218 e. The van der Waals surface area contributed by atoms with Crippen LogP contribution >= 0.6 is 0 Å². The lowest BCUT2D eigenvalue weighted by molar-refractivity contribution is 0.423. The molecular formula is C13H30N10. The first kappa shape index (κ1) is 20.5. The van der Waals surface area contributed by atoms with Crippen LogP contribution in [-0.4, -0.2) is 93.9 Å². The first-order valence-corrected chi connectivity index (χ1v) is 7.19. The first-order valence-electron chi connectivity index (χ1n) is 7.19. The van der Waals surface area contributed by atoms with Crippen molar-refractivity contribution in [2.75, 3.05) is 55.4 Å². The molecule has 0 bridgehead atoms. The molecule has 6 N–H and O–H groups in total. The van der Waals surface area contributed by atoms with Crippen LogP contribution in [0.2, 0.25) is 0 Å². The van der Waals surface area contributed by atoms with Gasteiger partial charge in [-0.05, 0) is 6.42 Å². The summed E-state index contributed by atoms with van der Waals surface area (Å²) in [5.41, 5.74) is 16.0. The second-order valence-corrected chi connectivity index (χ2v) is 5.05. The lowest BCUT2D eigenvalue weighted by Crippen LogP contribution is -2.48. The molecule has 0 atom stereocenters. The van der Waals surface area contributed by atoms with E-state index in [2.05, 4.69) is 20.0 Å². The highest BCUT2D eigenvalue weighted by Crippen LogP contribution is 2.00. The molecule has 0 aliphatic heterocycles. The Labute approximate surface area is 138 Å². The van der Waals surface area contributed by atoms with E-state index in [1.54, 1.807) is 14.1 Å². The van der Waals surface area contributed by atoms with Crippen molar-refractivity contribution in [3.05, 3.63) is 0 Å². The van der Waals surface area contributed by atoms with Gasteiger partial charge in [-0.2, -0.15) is 4.99 Å². The van der Waals surface area contributed by atoms with E-state index in [4.69, 9.17) is 17.2 Å². The van der Waals surface area contributed by atoms with E-state index in [0.717, 1.165) is 24.9 Å². The van der Waals surface area contributed by atoms with Gasteiger partial charge in [-0.3, -0.25) is 19.9 Å². The van der Waals surface area contributed by atoms with Gasteiger partial charge in [0.25, 0.3) is 0 Å². The normalized spacial score (nSPS) is 12.9. The predicted octanol–water partition coefficient (Wildman–Crippen LogP) is -1.64. The van der Waals surface area contributed by atoms with Gasteiger partial charge < -0.3 is 27.0 Å². The van der Waals surface area contributed by atoms with Crippen molar-refractivity contribution in [3.63, 3.8) is 0 Å². The lowest BCUT2D eigenvalue weighted by atomic mass is 10.4. The number of nitrogens with zero attached hydrogens (tertiary/aromatic N) is 7. The van der Waals surface area contributed by atoms with Crippen molar-refractivity contribution < 1.29 is 0 Å². The third-order valence-corrected chi connectivity index (χ3v) is 2.91. The van der Waals surface area contributed by atoms with Crippen LogP contribution in [0, 0.1) is 0 Å². The molecule has 0 heterocycles. The van der Waals surface area contributed by atoms with Crippen LogP contribution in [0.3, 0.4) is 0 Å². The molecule has 10 heteroatoms. The molecule has 10 nitrogen and oxygen atoms in total. The number of hydrogen-bond acceptors (Lipinski definition) is 3. The van der Waals surface area contributed by atoms with E-state index >= 15 is 0 Å². The molecular weight excluding hydrogens is 296 g/mol. The molecule has 0 unspecified atom stereocenters. The maximum absolute atomic E-state index is 5.55. The number of nitrogens with two attached hydrogens (primary N) is 3. The Morgan fingerprint density at radius 3 is 1.91 bits per heavy atom. The van der Waals surface area contributed by atoms with Gasteiger partial charge in [-0.15, -0.1) is 0 Å². The minimum Gasteiger partial charge on any atom is -0.370 e. The van der Waals surface area contributed by atoms with Crippen molar-refractivity contribution in [1.29, 1.82) is 0 Å². The van der Waals surface area contributed by atoms with Crippen LogP contribution in [0.5, 0.6) is 0 Å². The van der Waals surface area contributed by atoms with Gasteiger partial charge in [0.05, 0.1) is 0 Å². The maximum atomic E-state index is 5.55. The Balaban J connectivity index is 4.64. The second kappa shape index (κ2) is 10.2. The third kappa shape index (κ3) is 7.34. The molecule has 0 spiro atoms. The molecule has 0 aromatic carbocycles. The number of guanidine groups is 4. The number of hydrogen-bond donors (Lipinski definition) is 3. The zero-order valence-corrected chi connectivity index (χ0v) is 15.0. The van der Waals surface area contributed by atoms with Gasteiger partial charge >= 0.3 is 0 Å². The molecule has 0 radical (unpaired) electrons. The van der Waals surface area contributed by atoms with Crippen LogP contribution in [-0.2, 0) is 0 Å². The van der Waals surface area contributed by atoms with Gasteiger partial charge in [0.2, 0.25) is 17.9 Å². The summed E-state index contributed by atoms with van der Waals surface area (Å²) in [5.74, 6) is 1.61. The fraction of sp³-hybridized carbons (Fsp3) is 0.692. The third-order valence-electron chi connectivity index (χ3n) is 2.91. The highest BCUT2D eigenvalue weighted by atomic mass is 15.4. The SMILES string of the molecule is CN=C(N(C)C)N(C)C(=NC)N(C)CCCN=C(N)N=C(N)N. The Morgan fingerprint density at radius 2 is 1.48 bits per heavy atom. The fourth-order valence-corrected chi connectivity index (χ4v) is 2.09. The molecule has 0 saturated heterocycles. The van der Waals surface area contributed by atoms with Gasteiger partial charge in [0, 0.05) is 55.4 Å². The highest BCUT2D eigenvalue weighted by molar-refractivity contribution is 5.98. The quantitative estimate of drug-likeness (QED) is 0.322. The minimum absolute atomic E-state index is 0.0853. The zero-order chi connectivity index (χ0) is 18.0. The lowest BCUT2D eigenvalue weighted by Gasteiger charge is -2.32. The molecule has 0 saturated carbocycles. The van der Waals surface area contributed by atoms with Gasteiger partial charge in [0.1, 0.15) is 0 Å². The minimum atomic E-state index is -0.0968. The average Bonchev–Trinajstić information content (AvgIpc) is 2.44. The average molecular weight is 326 g/mol. The van der Waals surface area contributed by atoms with Crippen LogP contribution in [0.4, 0.5) is 0 Å². The van der Waals surface area contributed by atoms with Crippen molar-refractivity contribution >= 4 is 23.8 Å². The van der Waals surface area contributed by atoms with E-state index in [-0.39, 0.29) is 11.9 Å². The van der Waals surface area contributed by atoms with Gasteiger partial charge in [0.15, 0.2) is 5.96 Å². The molecule has 0 amide bonds. The van der Waals surface area contributed by atoms with Crippen molar-refractivity contribution in [1.82, 2.24) is 14.7 Å². The summed E-state index contributed by atoms with van der Waals surface area (Å²) in [5, 5.41) is 0. The zero-order valence-electron chi connectivity index (χ0n) is 15.0. The molecule has 0 aromatic rings. The van der Waals surface area contributed by atoms with Crippen LogP contribution in [0.25, 0.3) is 0 Å². The van der Waals surface area contributed by atoms with Crippen LogP contribution in [0.1, 0.15) is 6.42 Å². The summed E-state index contributed by atoms with van der Waals surface area (Å²) < 4.78 is 0. The standard InChI is InChI=1S/C13H30N10/c1-17-12(21(3)4)23(6)13(18-2)22(5)9-7-8-19-11(16)20-10(14)15/h7-9H2,1-6H3,(H6,14,15,16,19,20). The van der Waals surface area contributed by atoms with E-state index in [0.29, 0.717) is 6.54 Å². The molecule has 0 aliphatic rings. The van der Waals surface area contributed by atoms with Crippen molar-refractivity contribution in [2.45, 2.75) is 6.42 Å². The number of aliphatic imine (C=N–C) groups is 4. The largest absolute Gasteiger partial charge is 0.370 e. The summed E-state index contributed by atoms with van der Waals surface area (Å²) in [6.45, 7) is 1.27. The molecule has 0 aromatic heterocycles. The fourth-order valence-electron chi connectivity index (χ4n) is 2.09. The Morgan fingerprint density at radius 1 is 0.913 bits per heavy atom. The van der Waals surface area contributed by atoms with Crippen LogP contribution < -0.4 is 17.2 Å². The van der Waals surface area contributed by atoms with E-state index in [1.807, 2.05) is 42.9 Å². The monoisotopic (exact) mass is 326 g/mol. The molecule has 23 heavy (non-hydrogen) atoms. The predicted molar refractivity (Wildman–Crippen MR) is 97.7 cm³/mol. The Hall–Kier alpha value is -2.52. The van der Waals surface area contributed by atoms with Gasteiger partial charge in [-0.25, -0.2) is 0 Å². The summed E-state index contributed by atoms with van der Waals surface area (Å²) in [7, 11) is 11.3. The smallest absolute Gasteiger partial charge is 0.218 e. The topological polar surface area (TPSA) is 137 Å². The Bertz CT molecular complexity index is 473. The summed E-state index contributed by atoms with van der Waals surface area (Å²) in [6, 6.07) is 0. The molecule has 0 rings (SSSR count). The van der Waals surface area contributed by atoms with Gasteiger partial charge in [-0.1, -0.05) is 0 Å². The van der Waals surface area contributed by atoms with E-state index < -0.39 is 0 Å². The number of rotatable bonds is 4. The Kier molecular flexibility index (Phi) is 9.12. The van der Waals surface area contributed by atoms with Crippen molar-refractivity contribution in [2.24, 2.45) is 37.2 Å². The van der Waals surface area contributed by atoms with Crippen LogP contribution in [0.15, 0.2) is 20.0 Å². The van der Waals surface area contributed by atoms with Crippen molar-refractivity contribution in [3.8, 4) is 0 Å². The molecule has 0 fully saturated rings.